The molecule has 238 valence electrons. The lowest BCUT2D eigenvalue weighted by Crippen LogP contribution is -2.56. The molecule has 1 aromatic rings. The number of carbonyl (C=O) groups is 5. The van der Waals surface area contributed by atoms with E-state index < -0.39 is 58.8 Å². The number of nitrogens with one attached hydrogen (secondary N) is 2. The first kappa shape index (κ1) is 31.6. The zero-order chi connectivity index (χ0) is 31.9. The van der Waals surface area contributed by atoms with Gasteiger partial charge in [0.15, 0.2) is 5.60 Å². The lowest BCUT2D eigenvalue weighted by atomic mass is 9.99. The van der Waals surface area contributed by atoms with Crippen molar-refractivity contribution in [2.45, 2.75) is 94.5 Å². The van der Waals surface area contributed by atoms with E-state index in [4.69, 9.17) is 21.1 Å². The fourth-order valence-electron chi connectivity index (χ4n) is 6.29. The number of nitrogens with zero attached hydrogens (tertiary/aromatic N) is 2. The zero-order valence-electron chi connectivity index (χ0n) is 25.1. The van der Waals surface area contributed by atoms with Gasteiger partial charge in [0, 0.05) is 23.0 Å². The molecule has 3 heterocycles. The van der Waals surface area contributed by atoms with E-state index in [9.17, 15) is 29.1 Å². The van der Waals surface area contributed by atoms with Gasteiger partial charge < -0.3 is 30.1 Å². The second-order valence-corrected chi connectivity index (χ2v) is 13.6. The molecule has 5 unspecified atom stereocenters. The molecule has 0 bridgehead atoms. The third-order valence-electron chi connectivity index (χ3n) is 8.54. The van der Waals surface area contributed by atoms with Gasteiger partial charge in [-0.2, -0.15) is 0 Å². The number of anilines is 1. The highest BCUT2D eigenvalue weighted by molar-refractivity contribution is 6.30. The van der Waals surface area contributed by atoms with Crippen LogP contribution in [0.25, 0.3) is 0 Å². The number of carbonyl (C=O) groups excluding carboxylic acids is 4. The van der Waals surface area contributed by atoms with Gasteiger partial charge in [0.05, 0.1) is 13.1 Å². The molecule has 3 aliphatic heterocycles. The van der Waals surface area contributed by atoms with Crippen LogP contribution in [-0.2, 0) is 23.9 Å². The van der Waals surface area contributed by atoms with Gasteiger partial charge in [-0.3, -0.25) is 14.5 Å². The number of fused-ring (bicyclic) bond motifs is 2. The van der Waals surface area contributed by atoms with Crippen LogP contribution in [0.2, 0.25) is 5.02 Å². The highest BCUT2D eigenvalue weighted by atomic mass is 35.5. The van der Waals surface area contributed by atoms with E-state index in [1.54, 1.807) is 45.0 Å². The van der Waals surface area contributed by atoms with Crippen LogP contribution in [0.1, 0.15) is 65.7 Å². The number of rotatable bonds is 3. The Bertz CT molecular complexity index is 1380. The van der Waals surface area contributed by atoms with E-state index in [0.29, 0.717) is 23.6 Å². The molecule has 1 aliphatic carbocycles. The summed E-state index contributed by atoms with van der Waals surface area (Å²) >= 11 is 6.16. The number of aliphatic carboxylic acids is 1. The summed E-state index contributed by atoms with van der Waals surface area (Å²) in [5.74, 6) is -2.72. The third kappa shape index (κ3) is 6.64. The van der Waals surface area contributed by atoms with Crippen LogP contribution in [-0.4, -0.2) is 81.9 Å². The minimum absolute atomic E-state index is 0.0410. The number of amides is 4. The number of alkyl carbamates (subject to hydrolysis) is 1. The lowest BCUT2D eigenvalue weighted by Gasteiger charge is -2.30. The van der Waals surface area contributed by atoms with Crippen LogP contribution < -0.4 is 15.5 Å². The molecule has 4 aliphatic rings. The molecule has 5 rings (SSSR count). The summed E-state index contributed by atoms with van der Waals surface area (Å²) in [6.45, 7) is 5.06. The maximum Gasteiger partial charge on any atom is 0.415 e. The van der Waals surface area contributed by atoms with E-state index in [-0.39, 0.29) is 31.8 Å². The summed E-state index contributed by atoms with van der Waals surface area (Å²) < 4.78 is 11.3. The molecule has 13 heteroatoms. The summed E-state index contributed by atoms with van der Waals surface area (Å²) in [4.78, 5) is 69.0. The molecular formula is C31H39ClN4O8. The molecule has 4 amide bonds. The molecule has 3 fully saturated rings. The van der Waals surface area contributed by atoms with Crippen molar-refractivity contribution in [2.24, 2.45) is 5.92 Å². The highest BCUT2D eigenvalue weighted by Crippen LogP contribution is 2.46. The molecule has 12 nitrogen and oxygen atoms in total. The largest absolute Gasteiger partial charge is 0.479 e. The Morgan fingerprint density at radius 2 is 1.91 bits per heavy atom. The van der Waals surface area contributed by atoms with Crippen molar-refractivity contribution >= 4 is 47.3 Å². The lowest BCUT2D eigenvalue weighted by molar-refractivity contribution is -0.145. The predicted molar refractivity (Wildman–Crippen MR) is 160 cm³/mol. The van der Waals surface area contributed by atoms with Crippen molar-refractivity contribution in [3.8, 4) is 0 Å². The van der Waals surface area contributed by atoms with Crippen molar-refractivity contribution in [3.05, 3.63) is 41.4 Å². The summed E-state index contributed by atoms with van der Waals surface area (Å²) in [6, 6.07) is 4.53. The van der Waals surface area contributed by atoms with Crippen LogP contribution in [0.15, 0.2) is 36.4 Å². The molecule has 5 atom stereocenters. The summed E-state index contributed by atoms with van der Waals surface area (Å²) in [7, 11) is 0. The quantitative estimate of drug-likeness (QED) is 0.423. The molecule has 0 radical (unpaired) electrons. The Morgan fingerprint density at radius 1 is 1.14 bits per heavy atom. The number of halogens is 1. The topological polar surface area (TPSA) is 155 Å². The minimum Gasteiger partial charge on any atom is -0.479 e. The summed E-state index contributed by atoms with van der Waals surface area (Å²) in [6.07, 6.45) is 5.76. The summed E-state index contributed by atoms with van der Waals surface area (Å²) in [5, 5.41) is 15.9. The summed E-state index contributed by atoms with van der Waals surface area (Å²) in [5.41, 5.74) is -3.03. The van der Waals surface area contributed by atoms with E-state index in [1.165, 1.54) is 9.80 Å². The number of benzene rings is 1. The standard InChI is InChI=1S/C31H39ClN4O8/c1-29(2,3)43-27(41)33-22-13-8-6-4-5-7-10-19-15-31(19,26(39)40)34-24(37)23-16-30(18-36(23)25(22)38)17-35(28(42)44-30)21-12-9-11-20(32)14-21/h7,9-12,14,19,22-23H,4-6,8,13,15-18H2,1-3H3,(H,33,41)(H,34,37)(H,39,40)/b10-7-. The predicted octanol–water partition coefficient (Wildman–Crippen LogP) is 4.01. The highest BCUT2D eigenvalue weighted by Gasteiger charge is 2.63. The zero-order valence-corrected chi connectivity index (χ0v) is 25.9. The van der Waals surface area contributed by atoms with Crippen LogP contribution >= 0.6 is 11.6 Å². The Kier molecular flexibility index (Phi) is 8.58. The average Bonchev–Trinajstić information content (AvgIpc) is 3.35. The Hall–Kier alpha value is -3.80. The first-order valence-electron chi connectivity index (χ1n) is 15.0. The maximum absolute atomic E-state index is 14.2. The van der Waals surface area contributed by atoms with Gasteiger partial charge >= 0.3 is 18.2 Å². The molecule has 1 saturated carbocycles. The molecule has 44 heavy (non-hydrogen) atoms. The van der Waals surface area contributed by atoms with E-state index in [2.05, 4.69) is 10.6 Å². The molecule has 3 N–H and O–H groups in total. The number of carboxylic acid groups (broad SMARTS) is 1. The molecule has 2 saturated heterocycles. The fourth-order valence-corrected chi connectivity index (χ4v) is 6.47. The van der Waals surface area contributed by atoms with Gasteiger partial charge in [0.2, 0.25) is 11.8 Å². The molecule has 0 aromatic heterocycles. The van der Waals surface area contributed by atoms with Crippen molar-refractivity contribution in [2.75, 3.05) is 18.0 Å². The monoisotopic (exact) mass is 630 g/mol. The van der Waals surface area contributed by atoms with E-state index in [1.807, 2.05) is 12.2 Å². The Morgan fingerprint density at radius 3 is 2.61 bits per heavy atom. The smallest absolute Gasteiger partial charge is 0.415 e. The van der Waals surface area contributed by atoms with Crippen LogP contribution in [0.5, 0.6) is 0 Å². The first-order chi connectivity index (χ1) is 20.7. The van der Waals surface area contributed by atoms with Crippen molar-refractivity contribution in [1.29, 1.82) is 0 Å². The van der Waals surface area contributed by atoms with Gasteiger partial charge in [0.1, 0.15) is 23.2 Å². The van der Waals surface area contributed by atoms with Gasteiger partial charge in [-0.25, -0.2) is 14.4 Å². The van der Waals surface area contributed by atoms with Crippen LogP contribution in [0.4, 0.5) is 15.3 Å². The van der Waals surface area contributed by atoms with Crippen molar-refractivity contribution in [3.63, 3.8) is 0 Å². The Labute approximate surface area is 261 Å². The van der Waals surface area contributed by atoms with Gasteiger partial charge in [-0.1, -0.05) is 42.7 Å². The second-order valence-electron chi connectivity index (χ2n) is 13.1. The fraction of sp³-hybridized carbons (Fsp3) is 0.581. The molecular weight excluding hydrogens is 592 g/mol. The number of allylic oxidation sites excluding steroid dienone is 1. The van der Waals surface area contributed by atoms with E-state index in [0.717, 1.165) is 19.3 Å². The van der Waals surface area contributed by atoms with E-state index >= 15 is 0 Å². The number of hydrogen-bond donors (Lipinski definition) is 3. The molecule has 1 spiro atoms. The number of carboxylic acids is 1. The number of ether oxygens (including phenoxy) is 2. The van der Waals surface area contributed by atoms with Crippen LogP contribution in [0.3, 0.4) is 0 Å². The molecule has 1 aromatic carbocycles. The third-order valence-corrected chi connectivity index (χ3v) is 8.77. The normalized spacial score (nSPS) is 31.6. The van der Waals surface area contributed by atoms with Crippen molar-refractivity contribution in [1.82, 2.24) is 15.5 Å². The second kappa shape index (κ2) is 11.9. The first-order valence-corrected chi connectivity index (χ1v) is 15.4. The minimum atomic E-state index is -1.48. The average molecular weight is 631 g/mol. The Balaban J connectivity index is 1.46. The van der Waals surface area contributed by atoms with Gasteiger partial charge in [-0.15, -0.1) is 0 Å². The van der Waals surface area contributed by atoms with Gasteiger partial charge in [-0.05, 0) is 64.7 Å². The maximum atomic E-state index is 14.2. The van der Waals surface area contributed by atoms with Crippen molar-refractivity contribution < 1.29 is 38.6 Å². The SMILES string of the molecule is CC(C)(C)OC(=O)NC1CCCCC/C=C\C2CC2(C(=O)O)NC(=O)C2CC3(CN(c4cccc(Cl)c4)C(=O)O3)CN2C1=O. The van der Waals surface area contributed by atoms with Crippen LogP contribution in [0, 0.1) is 5.92 Å². The number of hydrogen-bond acceptors (Lipinski definition) is 7. The van der Waals surface area contributed by atoms with Gasteiger partial charge in [0.25, 0.3) is 0 Å².